The summed E-state index contributed by atoms with van der Waals surface area (Å²) in [5.41, 5.74) is 1.85. The van der Waals surface area contributed by atoms with Crippen LogP contribution in [0, 0.1) is 16.0 Å². The number of hydrogen-bond acceptors (Lipinski definition) is 6. The van der Waals surface area contributed by atoms with Gasteiger partial charge in [-0.05, 0) is 18.8 Å². The minimum absolute atomic E-state index is 0.0923. The molecule has 0 radical (unpaired) electrons. The van der Waals surface area contributed by atoms with Crippen molar-refractivity contribution in [3.05, 3.63) is 45.5 Å². The number of nitrogens with one attached hydrogen (secondary N) is 1. The Morgan fingerprint density at radius 1 is 1.48 bits per heavy atom. The molecule has 1 fully saturated rings. The summed E-state index contributed by atoms with van der Waals surface area (Å²) in [5, 5.41) is 17.1. The largest absolute Gasteiger partial charge is 0.381 e. The van der Waals surface area contributed by atoms with E-state index in [0.29, 0.717) is 12.5 Å². The SMILES string of the molecule is O=[N+]([O-])c1cccc(-c2nc(CNCC3CCCOC3)cs2)c1. The third-order valence-corrected chi connectivity index (χ3v) is 4.79. The lowest BCUT2D eigenvalue weighted by Crippen LogP contribution is -2.28. The Bertz CT molecular complexity index is 668. The van der Waals surface area contributed by atoms with Crippen LogP contribution in [0.4, 0.5) is 5.69 Å². The van der Waals surface area contributed by atoms with Gasteiger partial charge in [-0.2, -0.15) is 0 Å². The monoisotopic (exact) mass is 333 g/mol. The summed E-state index contributed by atoms with van der Waals surface area (Å²) in [6, 6.07) is 6.60. The quantitative estimate of drug-likeness (QED) is 0.649. The Kier molecular flexibility index (Phi) is 5.32. The summed E-state index contributed by atoms with van der Waals surface area (Å²) < 4.78 is 5.47. The van der Waals surface area contributed by atoms with E-state index in [1.165, 1.54) is 23.8 Å². The lowest BCUT2D eigenvalue weighted by Gasteiger charge is -2.22. The van der Waals surface area contributed by atoms with Crippen LogP contribution >= 0.6 is 11.3 Å². The highest BCUT2D eigenvalue weighted by Crippen LogP contribution is 2.26. The highest BCUT2D eigenvalue weighted by atomic mass is 32.1. The molecule has 23 heavy (non-hydrogen) atoms. The van der Waals surface area contributed by atoms with Crippen molar-refractivity contribution in [2.45, 2.75) is 19.4 Å². The molecule has 1 aliphatic rings. The van der Waals surface area contributed by atoms with Crippen LogP contribution in [0.5, 0.6) is 0 Å². The van der Waals surface area contributed by atoms with E-state index in [1.54, 1.807) is 12.1 Å². The minimum Gasteiger partial charge on any atom is -0.381 e. The maximum Gasteiger partial charge on any atom is 0.270 e. The van der Waals surface area contributed by atoms with E-state index in [0.717, 1.165) is 42.4 Å². The molecule has 2 aromatic rings. The van der Waals surface area contributed by atoms with Gasteiger partial charge >= 0.3 is 0 Å². The van der Waals surface area contributed by atoms with E-state index >= 15 is 0 Å². The van der Waals surface area contributed by atoms with Crippen LogP contribution in [-0.2, 0) is 11.3 Å². The van der Waals surface area contributed by atoms with Crippen molar-refractivity contribution in [2.75, 3.05) is 19.8 Å². The van der Waals surface area contributed by atoms with E-state index in [9.17, 15) is 10.1 Å². The summed E-state index contributed by atoms with van der Waals surface area (Å²) in [7, 11) is 0. The van der Waals surface area contributed by atoms with Crippen LogP contribution in [0.25, 0.3) is 10.6 Å². The van der Waals surface area contributed by atoms with Gasteiger partial charge in [-0.25, -0.2) is 4.98 Å². The summed E-state index contributed by atoms with van der Waals surface area (Å²) in [6.45, 7) is 3.36. The van der Waals surface area contributed by atoms with Crippen molar-refractivity contribution in [1.82, 2.24) is 10.3 Å². The Morgan fingerprint density at radius 2 is 2.39 bits per heavy atom. The number of nitro benzene ring substituents is 1. The van der Waals surface area contributed by atoms with Crippen LogP contribution in [0.1, 0.15) is 18.5 Å². The van der Waals surface area contributed by atoms with Crippen LogP contribution in [0.3, 0.4) is 0 Å². The molecule has 0 aliphatic carbocycles. The first-order valence-corrected chi connectivity index (χ1v) is 8.58. The van der Waals surface area contributed by atoms with Crippen LogP contribution in [0.15, 0.2) is 29.6 Å². The van der Waals surface area contributed by atoms with Gasteiger partial charge in [-0.3, -0.25) is 10.1 Å². The second-order valence-corrected chi connectivity index (χ2v) is 6.52. The summed E-state index contributed by atoms with van der Waals surface area (Å²) >= 11 is 1.51. The second kappa shape index (κ2) is 7.63. The first kappa shape index (κ1) is 16.0. The first-order valence-electron chi connectivity index (χ1n) is 7.70. The Balaban J connectivity index is 1.57. The van der Waals surface area contributed by atoms with Crippen molar-refractivity contribution in [1.29, 1.82) is 0 Å². The van der Waals surface area contributed by atoms with Crippen molar-refractivity contribution < 1.29 is 9.66 Å². The Labute approximate surface area is 138 Å². The zero-order valence-corrected chi connectivity index (χ0v) is 13.6. The number of hydrogen-bond donors (Lipinski definition) is 1. The highest BCUT2D eigenvalue weighted by Gasteiger charge is 2.14. The third kappa shape index (κ3) is 4.34. The summed E-state index contributed by atoms with van der Waals surface area (Å²) in [6.07, 6.45) is 2.35. The normalized spacial score (nSPS) is 18.0. The second-order valence-electron chi connectivity index (χ2n) is 5.67. The van der Waals surface area contributed by atoms with Gasteiger partial charge in [-0.15, -0.1) is 11.3 Å². The number of nitrogens with zero attached hydrogens (tertiary/aromatic N) is 2. The average Bonchev–Trinajstić information content (AvgIpc) is 3.05. The third-order valence-electron chi connectivity index (χ3n) is 3.85. The number of aromatic nitrogens is 1. The summed E-state index contributed by atoms with van der Waals surface area (Å²) in [4.78, 5) is 15.0. The number of non-ortho nitro benzene ring substituents is 1. The average molecular weight is 333 g/mol. The van der Waals surface area contributed by atoms with Crippen LogP contribution < -0.4 is 5.32 Å². The fourth-order valence-corrected chi connectivity index (χ4v) is 3.46. The molecule has 0 bridgehead atoms. The minimum atomic E-state index is -0.383. The molecule has 1 aromatic heterocycles. The number of benzene rings is 1. The van der Waals surface area contributed by atoms with E-state index < -0.39 is 0 Å². The molecule has 1 aliphatic heterocycles. The van der Waals surface area contributed by atoms with Crippen molar-refractivity contribution in [3.63, 3.8) is 0 Å². The van der Waals surface area contributed by atoms with E-state index in [4.69, 9.17) is 4.74 Å². The number of rotatable bonds is 6. The molecule has 6 nitrogen and oxygen atoms in total. The molecule has 3 rings (SSSR count). The molecule has 1 unspecified atom stereocenters. The summed E-state index contributed by atoms with van der Waals surface area (Å²) in [5.74, 6) is 0.582. The van der Waals surface area contributed by atoms with Crippen LogP contribution in [0.2, 0.25) is 0 Å². The van der Waals surface area contributed by atoms with Gasteiger partial charge in [0, 0.05) is 42.8 Å². The molecule has 122 valence electrons. The zero-order valence-electron chi connectivity index (χ0n) is 12.7. The van der Waals surface area contributed by atoms with E-state index in [1.807, 2.05) is 11.4 Å². The molecule has 0 saturated carbocycles. The predicted molar refractivity (Wildman–Crippen MR) is 89.5 cm³/mol. The molecular formula is C16H19N3O3S. The lowest BCUT2D eigenvalue weighted by molar-refractivity contribution is -0.384. The Hall–Kier alpha value is -1.83. The lowest BCUT2D eigenvalue weighted by atomic mass is 10.0. The molecule has 0 spiro atoms. The molecule has 1 saturated heterocycles. The van der Waals surface area contributed by atoms with Gasteiger partial charge in [0.2, 0.25) is 0 Å². The number of ether oxygens (including phenoxy) is 1. The number of nitro groups is 1. The molecular weight excluding hydrogens is 314 g/mol. The van der Waals surface area contributed by atoms with Crippen LogP contribution in [-0.4, -0.2) is 29.7 Å². The van der Waals surface area contributed by atoms with Gasteiger partial charge in [-0.1, -0.05) is 12.1 Å². The molecule has 2 heterocycles. The molecule has 1 aromatic carbocycles. The van der Waals surface area contributed by atoms with E-state index in [2.05, 4.69) is 10.3 Å². The van der Waals surface area contributed by atoms with Crippen molar-refractivity contribution >= 4 is 17.0 Å². The molecule has 1 N–H and O–H groups in total. The maximum absolute atomic E-state index is 10.8. The number of thiazole rings is 1. The molecule has 0 amide bonds. The topological polar surface area (TPSA) is 77.3 Å². The fourth-order valence-electron chi connectivity index (χ4n) is 2.65. The zero-order chi connectivity index (χ0) is 16.1. The fraction of sp³-hybridized carbons (Fsp3) is 0.438. The van der Waals surface area contributed by atoms with Gasteiger partial charge in [0.05, 0.1) is 17.2 Å². The first-order chi connectivity index (χ1) is 11.2. The van der Waals surface area contributed by atoms with Gasteiger partial charge in [0.25, 0.3) is 5.69 Å². The predicted octanol–water partition coefficient (Wildman–Crippen LogP) is 3.23. The maximum atomic E-state index is 10.8. The van der Waals surface area contributed by atoms with Gasteiger partial charge < -0.3 is 10.1 Å². The van der Waals surface area contributed by atoms with E-state index in [-0.39, 0.29) is 10.6 Å². The van der Waals surface area contributed by atoms with Gasteiger partial charge in [0.15, 0.2) is 0 Å². The highest BCUT2D eigenvalue weighted by molar-refractivity contribution is 7.13. The smallest absolute Gasteiger partial charge is 0.270 e. The van der Waals surface area contributed by atoms with Gasteiger partial charge in [0.1, 0.15) is 5.01 Å². The molecule has 7 heteroatoms. The Morgan fingerprint density at radius 3 is 3.17 bits per heavy atom. The van der Waals surface area contributed by atoms with Crippen molar-refractivity contribution in [2.24, 2.45) is 5.92 Å². The standard InChI is InChI=1S/C16H19N3O3S/c20-19(21)15-5-1-4-13(7-15)16-18-14(11-23-16)9-17-8-12-3-2-6-22-10-12/h1,4-5,7,11-12,17H,2-3,6,8-10H2. The molecule has 1 atom stereocenters. The van der Waals surface area contributed by atoms with Crippen molar-refractivity contribution in [3.8, 4) is 10.6 Å².